The summed E-state index contributed by atoms with van der Waals surface area (Å²) in [5.74, 6) is 0.962. The average molecular weight is 279 g/mol. The molecule has 0 heterocycles. The molecule has 0 aromatic rings. The van der Waals surface area contributed by atoms with Gasteiger partial charge >= 0.3 is 0 Å². The van der Waals surface area contributed by atoms with Crippen LogP contribution >= 0.6 is 0 Å². The second kappa shape index (κ2) is 8.00. The molecular weight excluding hydrogens is 246 g/mol. The van der Waals surface area contributed by atoms with Crippen molar-refractivity contribution < 1.29 is 0 Å². The lowest BCUT2D eigenvalue weighted by Gasteiger charge is -2.28. The van der Waals surface area contributed by atoms with Crippen molar-refractivity contribution in [2.75, 3.05) is 13.1 Å². The van der Waals surface area contributed by atoms with Gasteiger partial charge in [-0.05, 0) is 79.2 Å². The third-order valence-electron chi connectivity index (χ3n) is 4.15. The van der Waals surface area contributed by atoms with E-state index in [-0.39, 0.29) is 5.54 Å². The van der Waals surface area contributed by atoms with Gasteiger partial charge in [-0.25, -0.2) is 0 Å². The molecule has 1 unspecified atom stereocenters. The van der Waals surface area contributed by atoms with Crippen LogP contribution in [0, 0.1) is 17.2 Å². The number of nitriles is 1. The zero-order chi connectivity index (χ0) is 15.2. The molecule has 1 atom stereocenters. The summed E-state index contributed by atoms with van der Waals surface area (Å²) >= 11 is 0. The predicted octanol–water partition coefficient (Wildman–Crippen LogP) is 3.56. The Balaban J connectivity index is 2.26. The Hall–Kier alpha value is -0.590. The maximum Gasteiger partial charge on any atom is 0.104 e. The van der Waals surface area contributed by atoms with Crippen molar-refractivity contribution >= 4 is 0 Å². The molecule has 20 heavy (non-hydrogen) atoms. The topological polar surface area (TPSA) is 39.1 Å². The van der Waals surface area contributed by atoms with Crippen LogP contribution in [0.3, 0.4) is 0 Å². The van der Waals surface area contributed by atoms with E-state index in [0.717, 1.165) is 18.8 Å². The van der Waals surface area contributed by atoms with Gasteiger partial charge in [0.2, 0.25) is 0 Å². The average Bonchev–Trinajstić information content (AvgIpc) is 3.16. The van der Waals surface area contributed by atoms with Gasteiger partial charge < -0.3 is 4.90 Å². The van der Waals surface area contributed by atoms with Crippen molar-refractivity contribution in [2.45, 2.75) is 84.3 Å². The van der Waals surface area contributed by atoms with Gasteiger partial charge in [-0.15, -0.1) is 0 Å². The van der Waals surface area contributed by atoms with Gasteiger partial charge in [0.1, 0.15) is 5.54 Å². The number of unbranched alkanes of at least 4 members (excludes halogenated alkanes) is 1. The minimum atomic E-state index is -0.368. The lowest BCUT2D eigenvalue weighted by atomic mass is 9.95. The highest BCUT2D eigenvalue weighted by molar-refractivity contribution is 5.04. The molecule has 1 N–H and O–H groups in total. The van der Waals surface area contributed by atoms with Gasteiger partial charge in [-0.2, -0.15) is 5.26 Å². The summed E-state index contributed by atoms with van der Waals surface area (Å²) in [6.07, 6.45) is 6.11. The van der Waals surface area contributed by atoms with Gasteiger partial charge in [0.25, 0.3) is 0 Å². The van der Waals surface area contributed by atoms with Gasteiger partial charge in [0.05, 0.1) is 6.07 Å². The Morgan fingerprint density at radius 1 is 1.25 bits per heavy atom. The summed E-state index contributed by atoms with van der Waals surface area (Å²) in [6.45, 7) is 13.3. The van der Waals surface area contributed by atoms with Crippen molar-refractivity contribution in [2.24, 2.45) is 5.92 Å². The van der Waals surface area contributed by atoms with E-state index >= 15 is 0 Å². The quantitative estimate of drug-likeness (QED) is 0.622. The molecule has 116 valence electrons. The maximum absolute atomic E-state index is 9.34. The molecule has 0 aromatic heterocycles. The van der Waals surface area contributed by atoms with E-state index in [0.29, 0.717) is 12.1 Å². The minimum absolute atomic E-state index is 0.363. The van der Waals surface area contributed by atoms with Crippen molar-refractivity contribution in [1.82, 2.24) is 10.2 Å². The molecule has 0 spiro atoms. The van der Waals surface area contributed by atoms with Gasteiger partial charge in [0, 0.05) is 18.6 Å². The molecule has 3 nitrogen and oxygen atoms in total. The van der Waals surface area contributed by atoms with E-state index in [9.17, 15) is 5.26 Å². The van der Waals surface area contributed by atoms with Crippen molar-refractivity contribution in [3.8, 4) is 6.07 Å². The fraction of sp³-hybridized carbons (Fsp3) is 0.941. The predicted molar refractivity (Wildman–Crippen MR) is 85.6 cm³/mol. The highest BCUT2D eigenvalue weighted by atomic mass is 15.1. The van der Waals surface area contributed by atoms with Crippen LogP contribution in [0.15, 0.2) is 0 Å². The summed E-state index contributed by atoms with van der Waals surface area (Å²) in [6, 6.07) is 3.45. The van der Waals surface area contributed by atoms with Crippen LogP contribution in [0.25, 0.3) is 0 Å². The van der Waals surface area contributed by atoms with Gasteiger partial charge in [-0.3, -0.25) is 5.32 Å². The molecule has 1 aliphatic rings. The standard InChI is InChI=1S/C17H33N3/c1-14(2)19-17(5,13-18)10-6-7-11-20(15(3)4)12-16-8-9-16/h14-16,19H,6-12H2,1-5H3. The van der Waals surface area contributed by atoms with Crippen LogP contribution in [0.2, 0.25) is 0 Å². The number of hydrogen-bond donors (Lipinski definition) is 1. The fourth-order valence-corrected chi connectivity index (χ4v) is 2.78. The maximum atomic E-state index is 9.34. The molecule has 0 bridgehead atoms. The molecule has 1 aliphatic carbocycles. The minimum Gasteiger partial charge on any atom is -0.301 e. The van der Waals surface area contributed by atoms with E-state index in [4.69, 9.17) is 0 Å². The number of rotatable bonds is 10. The third kappa shape index (κ3) is 6.72. The van der Waals surface area contributed by atoms with Crippen molar-refractivity contribution in [3.63, 3.8) is 0 Å². The van der Waals surface area contributed by atoms with E-state index in [1.54, 1.807) is 0 Å². The van der Waals surface area contributed by atoms with E-state index in [1.807, 2.05) is 6.92 Å². The molecule has 0 aliphatic heterocycles. The van der Waals surface area contributed by atoms with E-state index in [1.165, 1.54) is 32.4 Å². The van der Waals surface area contributed by atoms with Gasteiger partial charge in [0.15, 0.2) is 0 Å². The number of hydrogen-bond acceptors (Lipinski definition) is 3. The Bertz CT molecular complexity index is 315. The highest BCUT2D eigenvalue weighted by Crippen LogP contribution is 2.30. The Morgan fingerprint density at radius 3 is 2.35 bits per heavy atom. The normalized spacial score (nSPS) is 18.6. The van der Waals surface area contributed by atoms with Crippen LogP contribution in [0.1, 0.15) is 66.7 Å². The first-order chi connectivity index (χ1) is 9.36. The Labute approximate surface area is 125 Å². The molecule has 0 radical (unpaired) electrons. The summed E-state index contributed by atoms with van der Waals surface area (Å²) in [5, 5.41) is 12.7. The lowest BCUT2D eigenvalue weighted by molar-refractivity contribution is 0.205. The SMILES string of the molecule is CC(C)NC(C)(C#N)CCCCN(CC1CC1)C(C)C. The smallest absolute Gasteiger partial charge is 0.104 e. The van der Waals surface area contributed by atoms with E-state index < -0.39 is 0 Å². The molecule has 0 amide bonds. The van der Waals surface area contributed by atoms with Crippen molar-refractivity contribution in [3.05, 3.63) is 0 Å². The third-order valence-corrected chi connectivity index (χ3v) is 4.15. The first kappa shape index (κ1) is 17.5. The molecule has 0 saturated heterocycles. The van der Waals surface area contributed by atoms with Crippen LogP contribution in [-0.2, 0) is 0 Å². The molecule has 0 aromatic carbocycles. The van der Waals surface area contributed by atoms with Crippen LogP contribution < -0.4 is 5.32 Å². The zero-order valence-corrected chi connectivity index (χ0v) is 14.1. The van der Waals surface area contributed by atoms with Crippen LogP contribution in [0.5, 0.6) is 0 Å². The van der Waals surface area contributed by atoms with Crippen molar-refractivity contribution in [1.29, 1.82) is 5.26 Å². The summed E-state index contributed by atoms with van der Waals surface area (Å²) in [4.78, 5) is 2.61. The first-order valence-corrected chi connectivity index (χ1v) is 8.29. The van der Waals surface area contributed by atoms with Crippen LogP contribution in [0.4, 0.5) is 0 Å². The zero-order valence-electron chi connectivity index (χ0n) is 14.1. The molecule has 1 saturated carbocycles. The fourth-order valence-electron chi connectivity index (χ4n) is 2.78. The second-order valence-corrected chi connectivity index (χ2v) is 7.23. The van der Waals surface area contributed by atoms with Crippen LogP contribution in [-0.4, -0.2) is 35.6 Å². The van der Waals surface area contributed by atoms with E-state index in [2.05, 4.69) is 44.0 Å². The summed E-state index contributed by atoms with van der Waals surface area (Å²) < 4.78 is 0. The Morgan fingerprint density at radius 2 is 1.90 bits per heavy atom. The monoisotopic (exact) mass is 279 g/mol. The number of nitrogens with zero attached hydrogens (tertiary/aromatic N) is 2. The highest BCUT2D eigenvalue weighted by Gasteiger charge is 2.26. The number of nitrogens with one attached hydrogen (secondary N) is 1. The lowest BCUT2D eigenvalue weighted by Crippen LogP contribution is -2.45. The molecular formula is C17H33N3. The summed E-state index contributed by atoms with van der Waals surface area (Å²) in [7, 11) is 0. The molecule has 3 heteroatoms. The first-order valence-electron chi connectivity index (χ1n) is 8.29. The second-order valence-electron chi connectivity index (χ2n) is 7.23. The Kier molecular flexibility index (Phi) is 6.99. The largest absolute Gasteiger partial charge is 0.301 e. The van der Waals surface area contributed by atoms with Gasteiger partial charge in [-0.1, -0.05) is 0 Å². The summed E-state index contributed by atoms with van der Waals surface area (Å²) in [5.41, 5.74) is -0.368. The molecule has 1 fully saturated rings. The molecule has 1 rings (SSSR count).